The fourth-order valence-corrected chi connectivity index (χ4v) is 1.58. The van der Waals surface area contributed by atoms with Crippen molar-refractivity contribution in [1.29, 1.82) is 0 Å². The average Bonchev–Trinajstić information content (AvgIpc) is 2.29. The fourth-order valence-electron chi connectivity index (χ4n) is 1.58. The SMILES string of the molecule is CC(C)(O)CN1CC(C(N)=O)CC1=O. The quantitative estimate of drug-likeness (QED) is 0.618. The lowest BCUT2D eigenvalue weighted by Gasteiger charge is -2.25. The maximum absolute atomic E-state index is 11.4. The summed E-state index contributed by atoms with van der Waals surface area (Å²) in [5, 5.41) is 9.51. The van der Waals surface area contributed by atoms with E-state index in [0.29, 0.717) is 6.54 Å². The second-order valence-electron chi connectivity index (χ2n) is 4.39. The molecule has 0 saturated carbocycles. The van der Waals surface area contributed by atoms with Crippen LogP contribution in [0.2, 0.25) is 0 Å². The molecule has 0 aliphatic carbocycles. The zero-order valence-corrected chi connectivity index (χ0v) is 8.49. The zero-order chi connectivity index (χ0) is 10.9. The molecule has 1 atom stereocenters. The number of primary amides is 1. The van der Waals surface area contributed by atoms with Gasteiger partial charge < -0.3 is 15.7 Å². The summed E-state index contributed by atoms with van der Waals surface area (Å²) in [7, 11) is 0. The fraction of sp³-hybridized carbons (Fsp3) is 0.778. The molecule has 1 rings (SSSR count). The lowest BCUT2D eigenvalue weighted by Crippen LogP contribution is -2.40. The highest BCUT2D eigenvalue weighted by Crippen LogP contribution is 2.19. The number of carbonyl (C=O) groups excluding carboxylic acids is 2. The third-order valence-electron chi connectivity index (χ3n) is 2.19. The Morgan fingerprint density at radius 3 is 2.64 bits per heavy atom. The molecule has 14 heavy (non-hydrogen) atoms. The van der Waals surface area contributed by atoms with Crippen molar-refractivity contribution in [2.75, 3.05) is 13.1 Å². The minimum Gasteiger partial charge on any atom is -0.389 e. The molecule has 1 aliphatic heterocycles. The molecule has 0 bridgehead atoms. The van der Waals surface area contributed by atoms with E-state index >= 15 is 0 Å². The zero-order valence-electron chi connectivity index (χ0n) is 8.49. The van der Waals surface area contributed by atoms with Gasteiger partial charge in [0.2, 0.25) is 11.8 Å². The minimum absolute atomic E-state index is 0.115. The van der Waals surface area contributed by atoms with Crippen LogP contribution in [0.4, 0.5) is 0 Å². The number of rotatable bonds is 3. The van der Waals surface area contributed by atoms with Gasteiger partial charge in [-0.15, -0.1) is 0 Å². The number of nitrogens with zero attached hydrogens (tertiary/aromatic N) is 1. The number of amides is 2. The first-order chi connectivity index (χ1) is 6.29. The maximum Gasteiger partial charge on any atom is 0.223 e. The highest BCUT2D eigenvalue weighted by atomic mass is 16.3. The lowest BCUT2D eigenvalue weighted by atomic mass is 10.1. The van der Waals surface area contributed by atoms with Crippen LogP contribution in [0.5, 0.6) is 0 Å². The molecule has 1 unspecified atom stereocenters. The average molecular weight is 200 g/mol. The highest BCUT2D eigenvalue weighted by molar-refractivity contribution is 5.88. The molecule has 0 radical (unpaired) electrons. The first-order valence-corrected chi connectivity index (χ1v) is 4.59. The van der Waals surface area contributed by atoms with Crippen molar-refractivity contribution in [2.24, 2.45) is 11.7 Å². The van der Waals surface area contributed by atoms with E-state index in [4.69, 9.17) is 5.73 Å². The van der Waals surface area contributed by atoms with Crippen LogP contribution in [-0.4, -0.2) is 40.5 Å². The Bertz CT molecular complexity index is 257. The molecule has 2 amide bonds. The van der Waals surface area contributed by atoms with Crippen LogP contribution in [0.25, 0.3) is 0 Å². The number of nitrogens with two attached hydrogens (primary N) is 1. The standard InChI is InChI=1S/C9H16N2O3/c1-9(2,14)5-11-4-6(8(10)13)3-7(11)12/h6,14H,3-5H2,1-2H3,(H2,10,13). The number of β-amino-alcohol motifs (C(OH)–C–C–N with tert-alkyl or cyclic N) is 1. The first kappa shape index (κ1) is 11.0. The number of hydrogen-bond acceptors (Lipinski definition) is 3. The van der Waals surface area contributed by atoms with Gasteiger partial charge in [-0.3, -0.25) is 9.59 Å². The summed E-state index contributed by atoms with van der Waals surface area (Å²) < 4.78 is 0. The molecular formula is C9H16N2O3. The third kappa shape index (κ3) is 2.70. The number of carbonyl (C=O) groups is 2. The van der Waals surface area contributed by atoms with Gasteiger partial charge in [0.05, 0.1) is 11.5 Å². The van der Waals surface area contributed by atoms with E-state index < -0.39 is 17.4 Å². The molecule has 0 aromatic heterocycles. The topological polar surface area (TPSA) is 83.6 Å². The molecule has 0 aromatic rings. The lowest BCUT2D eigenvalue weighted by molar-refractivity contribution is -0.130. The van der Waals surface area contributed by atoms with Crippen molar-refractivity contribution in [2.45, 2.75) is 25.9 Å². The van der Waals surface area contributed by atoms with Crippen LogP contribution in [0.1, 0.15) is 20.3 Å². The molecule has 0 aromatic carbocycles. The Morgan fingerprint density at radius 2 is 2.29 bits per heavy atom. The number of hydrogen-bond donors (Lipinski definition) is 2. The summed E-state index contributed by atoms with van der Waals surface area (Å²) in [6.07, 6.45) is 0.172. The van der Waals surface area contributed by atoms with E-state index in [9.17, 15) is 14.7 Å². The Balaban J connectivity index is 2.58. The molecule has 5 heteroatoms. The van der Waals surface area contributed by atoms with Crippen LogP contribution >= 0.6 is 0 Å². The van der Waals surface area contributed by atoms with Crippen molar-refractivity contribution in [1.82, 2.24) is 4.90 Å². The Hall–Kier alpha value is -1.10. The van der Waals surface area contributed by atoms with Crippen molar-refractivity contribution in [3.8, 4) is 0 Å². The molecule has 1 aliphatic rings. The van der Waals surface area contributed by atoms with E-state index in [1.807, 2.05) is 0 Å². The van der Waals surface area contributed by atoms with Crippen LogP contribution in [0, 0.1) is 5.92 Å². The van der Waals surface area contributed by atoms with Gasteiger partial charge in [-0.2, -0.15) is 0 Å². The molecule has 5 nitrogen and oxygen atoms in total. The van der Waals surface area contributed by atoms with Gasteiger partial charge in [0.15, 0.2) is 0 Å². The van der Waals surface area contributed by atoms with Crippen molar-refractivity contribution < 1.29 is 14.7 Å². The Kier molecular flexibility index (Phi) is 2.80. The minimum atomic E-state index is -0.928. The molecule has 1 heterocycles. The summed E-state index contributed by atoms with van der Waals surface area (Å²) >= 11 is 0. The summed E-state index contributed by atoms with van der Waals surface area (Å²) in [6.45, 7) is 3.82. The molecule has 0 spiro atoms. The predicted molar refractivity (Wildman–Crippen MR) is 50.2 cm³/mol. The van der Waals surface area contributed by atoms with Crippen LogP contribution in [0.15, 0.2) is 0 Å². The van der Waals surface area contributed by atoms with Crippen molar-refractivity contribution in [3.05, 3.63) is 0 Å². The van der Waals surface area contributed by atoms with Gasteiger partial charge >= 0.3 is 0 Å². The second-order valence-corrected chi connectivity index (χ2v) is 4.39. The van der Waals surface area contributed by atoms with Crippen LogP contribution in [-0.2, 0) is 9.59 Å². The number of aliphatic hydroxyl groups is 1. The normalized spacial score (nSPS) is 22.9. The predicted octanol–water partition coefficient (Wildman–Crippen LogP) is -0.909. The molecule has 3 N–H and O–H groups in total. The molecule has 1 fully saturated rings. The van der Waals surface area contributed by atoms with E-state index in [0.717, 1.165) is 0 Å². The summed E-state index contributed by atoms with van der Waals surface area (Å²) in [5.41, 5.74) is 4.18. The molecular weight excluding hydrogens is 184 g/mol. The highest BCUT2D eigenvalue weighted by Gasteiger charge is 2.35. The van der Waals surface area contributed by atoms with Crippen LogP contribution < -0.4 is 5.73 Å². The summed E-state index contributed by atoms with van der Waals surface area (Å²) in [5.74, 6) is -0.961. The third-order valence-corrected chi connectivity index (χ3v) is 2.19. The van der Waals surface area contributed by atoms with Gasteiger partial charge in [-0.05, 0) is 13.8 Å². The van der Waals surface area contributed by atoms with Gasteiger partial charge in [-0.25, -0.2) is 0 Å². The van der Waals surface area contributed by atoms with E-state index in [2.05, 4.69) is 0 Å². The molecule has 80 valence electrons. The van der Waals surface area contributed by atoms with E-state index in [1.54, 1.807) is 13.8 Å². The second kappa shape index (κ2) is 3.57. The van der Waals surface area contributed by atoms with Crippen molar-refractivity contribution in [3.63, 3.8) is 0 Å². The smallest absolute Gasteiger partial charge is 0.223 e. The van der Waals surface area contributed by atoms with E-state index in [-0.39, 0.29) is 18.9 Å². The van der Waals surface area contributed by atoms with Crippen LogP contribution in [0.3, 0.4) is 0 Å². The maximum atomic E-state index is 11.4. The van der Waals surface area contributed by atoms with Crippen molar-refractivity contribution >= 4 is 11.8 Å². The Labute approximate surface area is 82.9 Å². The monoisotopic (exact) mass is 200 g/mol. The largest absolute Gasteiger partial charge is 0.389 e. The summed E-state index contributed by atoms with van der Waals surface area (Å²) in [4.78, 5) is 23.7. The van der Waals surface area contributed by atoms with Gasteiger partial charge in [0.1, 0.15) is 0 Å². The van der Waals surface area contributed by atoms with E-state index in [1.165, 1.54) is 4.90 Å². The van der Waals surface area contributed by atoms with Gasteiger partial charge in [0.25, 0.3) is 0 Å². The number of likely N-dealkylation sites (tertiary alicyclic amines) is 1. The first-order valence-electron chi connectivity index (χ1n) is 4.59. The molecule has 1 saturated heterocycles. The van der Waals surface area contributed by atoms with Gasteiger partial charge in [-0.1, -0.05) is 0 Å². The summed E-state index contributed by atoms with van der Waals surface area (Å²) in [6, 6.07) is 0. The Morgan fingerprint density at radius 1 is 1.71 bits per heavy atom. The van der Waals surface area contributed by atoms with Gasteiger partial charge in [0, 0.05) is 19.5 Å².